The van der Waals surface area contributed by atoms with Gasteiger partial charge in [-0.05, 0) is 25.2 Å². The summed E-state index contributed by atoms with van der Waals surface area (Å²) in [6.45, 7) is 4.97. The minimum absolute atomic E-state index is 0.00749. The van der Waals surface area contributed by atoms with Crippen LogP contribution in [0, 0.1) is 11.8 Å². The standard InChI is InChI=1S/C13H26N2O3/c1-3-10(5-6-12(16)17)7-8-15-13(18)11(4-2)9-14/h10-11H,3-9,14H2,1-2H3,(H,15,18)(H,16,17). The van der Waals surface area contributed by atoms with Crippen molar-refractivity contribution in [2.45, 2.75) is 46.0 Å². The first-order chi connectivity index (χ1) is 8.54. The predicted molar refractivity (Wildman–Crippen MR) is 71.1 cm³/mol. The number of carbonyl (C=O) groups excluding carboxylic acids is 1. The van der Waals surface area contributed by atoms with E-state index in [-0.39, 0.29) is 18.2 Å². The molecule has 0 fully saturated rings. The first-order valence-corrected chi connectivity index (χ1v) is 6.74. The third kappa shape index (κ3) is 7.27. The normalized spacial score (nSPS) is 13.9. The zero-order valence-electron chi connectivity index (χ0n) is 11.4. The fraction of sp³-hybridized carbons (Fsp3) is 0.846. The molecule has 0 heterocycles. The molecule has 0 rings (SSSR count). The van der Waals surface area contributed by atoms with Crippen molar-refractivity contribution in [3.05, 3.63) is 0 Å². The molecule has 0 aliphatic carbocycles. The maximum atomic E-state index is 11.7. The molecule has 0 aliphatic heterocycles. The third-order valence-electron chi connectivity index (χ3n) is 3.34. The molecule has 0 spiro atoms. The van der Waals surface area contributed by atoms with Crippen LogP contribution < -0.4 is 11.1 Å². The van der Waals surface area contributed by atoms with Crippen LogP contribution in [0.25, 0.3) is 0 Å². The molecule has 5 nitrogen and oxygen atoms in total. The van der Waals surface area contributed by atoms with Crippen LogP contribution in [-0.4, -0.2) is 30.1 Å². The molecule has 0 saturated carbocycles. The molecule has 4 N–H and O–H groups in total. The number of hydrogen-bond acceptors (Lipinski definition) is 3. The molecule has 18 heavy (non-hydrogen) atoms. The maximum absolute atomic E-state index is 11.7. The topological polar surface area (TPSA) is 92.4 Å². The largest absolute Gasteiger partial charge is 0.481 e. The zero-order chi connectivity index (χ0) is 14.0. The minimum atomic E-state index is -0.758. The van der Waals surface area contributed by atoms with E-state index in [1.165, 1.54) is 0 Å². The van der Waals surface area contributed by atoms with Crippen LogP contribution in [0.1, 0.15) is 46.0 Å². The lowest BCUT2D eigenvalue weighted by Crippen LogP contribution is -2.35. The van der Waals surface area contributed by atoms with Gasteiger partial charge in [0, 0.05) is 25.4 Å². The highest BCUT2D eigenvalue weighted by atomic mass is 16.4. The van der Waals surface area contributed by atoms with E-state index in [4.69, 9.17) is 10.8 Å². The van der Waals surface area contributed by atoms with Crippen LogP contribution in [0.15, 0.2) is 0 Å². The van der Waals surface area contributed by atoms with E-state index in [1.807, 2.05) is 13.8 Å². The Morgan fingerprint density at radius 1 is 1.22 bits per heavy atom. The number of nitrogens with one attached hydrogen (secondary N) is 1. The van der Waals surface area contributed by atoms with E-state index < -0.39 is 5.97 Å². The smallest absolute Gasteiger partial charge is 0.303 e. The van der Waals surface area contributed by atoms with Crippen molar-refractivity contribution in [3.63, 3.8) is 0 Å². The van der Waals surface area contributed by atoms with Gasteiger partial charge in [-0.25, -0.2) is 0 Å². The number of nitrogens with two attached hydrogens (primary N) is 1. The molecule has 5 heteroatoms. The molecule has 2 unspecified atom stereocenters. The van der Waals surface area contributed by atoms with Crippen molar-refractivity contribution < 1.29 is 14.7 Å². The Labute approximate surface area is 109 Å². The number of rotatable bonds is 10. The quantitative estimate of drug-likeness (QED) is 0.552. The summed E-state index contributed by atoms with van der Waals surface area (Å²) in [4.78, 5) is 22.1. The van der Waals surface area contributed by atoms with E-state index in [2.05, 4.69) is 5.32 Å². The van der Waals surface area contributed by atoms with Gasteiger partial charge in [0.15, 0.2) is 0 Å². The first-order valence-electron chi connectivity index (χ1n) is 6.74. The van der Waals surface area contributed by atoms with Crippen LogP contribution in [0.4, 0.5) is 0 Å². The second-order valence-electron chi connectivity index (χ2n) is 4.63. The fourth-order valence-electron chi connectivity index (χ4n) is 1.88. The molecule has 0 saturated heterocycles. The molecular weight excluding hydrogens is 232 g/mol. The van der Waals surface area contributed by atoms with E-state index in [0.29, 0.717) is 25.4 Å². The Hall–Kier alpha value is -1.10. The average Bonchev–Trinajstić information content (AvgIpc) is 2.34. The van der Waals surface area contributed by atoms with Crippen LogP contribution in [0.5, 0.6) is 0 Å². The summed E-state index contributed by atoms with van der Waals surface area (Å²) in [6.07, 6.45) is 3.40. The van der Waals surface area contributed by atoms with Gasteiger partial charge in [-0.15, -0.1) is 0 Å². The average molecular weight is 258 g/mol. The van der Waals surface area contributed by atoms with E-state index in [9.17, 15) is 9.59 Å². The lowest BCUT2D eigenvalue weighted by molar-refractivity contribution is -0.137. The molecule has 0 aliphatic rings. The van der Waals surface area contributed by atoms with Crippen LogP contribution in [0.2, 0.25) is 0 Å². The zero-order valence-corrected chi connectivity index (χ0v) is 11.4. The third-order valence-corrected chi connectivity index (χ3v) is 3.34. The number of amides is 1. The van der Waals surface area contributed by atoms with Crippen LogP contribution >= 0.6 is 0 Å². The molecule has 2 atom stereocenters. The molecule has 0 aromatic rings. The van der Waals surface area contributed by atoms with Gasteiger partial charge in [-0.2, -0.15) is 0 Å². The van der Waals surface area contributed by atoms with Crippen LogP contribution in [-0.2, 0) is 9.59 Å². The lowest BCUT2D eigenvalue weighted by atomic mass is 9.96. The monoisotopic (exact) mass is 258 g/mol. The van der Waals surface area contributed by atoms with Gasteiger partial charge in [-0.3, -0.25) is 9.59 Å². The minimum Gasteiger partial charge on any atom is -0.481 e. The molecule has 0 aromatic carbocycles. The highest BCUT2D eigenvalue weighted by Gasteiger charge is 2.14. The summed E-state index contributed by atoms with van der Waals surface area (Å²) in [6, 6.07) is 0. The summed E-state index contributed by atoms with van der Waals surface area (Å²) in [5.41, 5.74) is 5.50. The molecular formula is C13H26N2O3. The highest BCUT2D eigenvalue weighted by molar-refractivity contribution is 5.78. The maximum Gasteiger partial charge on any atom is 0.303 e. The van der Waals surface area contributed by atoms with Crippen molar-refractivity contribution in [1.82, 2.24) is 5.32 Å². The highest BCUT2D eigenvalue weighted by Crippen LogP contribution is 2.14. The van der Waals surface area contributed by atoms with Crippen molar-refractivity contribution in [2.24, 2.45) is 17.6 Å². The number of hydrogen-bond donors (Lipinski definition) is 3. The summed E-state index contributed by atoms with van der Waals surface area (Å²) in [5.74, 6) is -0.497. The van der Waals surface area contributed by atoms with Gasteiger partial charge in [0.1, 0.15) is 0 Å². The molecule has 106 valence electrons. The van der Waals surface area contributed by atoms with Crippen molar-refractivity contribution in [3.8, 4) is 0 Å². The molecule has 0 bridgehead atoms. The SMILES string of the molecule is CCC(CCNC(=O)C(CC)CN)CCC(=O)O. The fourth-order valence-corrected chi connectivity index (χ4v) is 1.88. The second-order valence-corrected chi connectivity index (χ2v) is 4.63. The number of carboxylic acid groups (broad SMARTS) is 1. The Bertz CT molecular complexity index is 253. The summed E-state index contributed by atoms with van der Waals surface area (Å²) >= 11 is 0. The van der Waals surface area contributed by atoms with Gasteiger partial charge >= 0.3 is 5.97 Å². The van der Waals surface area contributed by atoms with Gasteiger partial charge in [-0.1, -0.05) is 20.3 Å². The predicted octanol–water partition coefficient (Wildman–Crippen LogP) is 1.37. The first kappa shape index (κ1) is 16.9. The van der Waals surface area contributed by atoms with E-state index in [0.717, 1.165) is 19.3 Å². The van der Waals surface area contributed by atoms with Crippen LogP contribution in [0.3, 0.4) is 0 Å². The Morgan fingerprint density at radius 2 is 1.89 bits per heavy atom. The van der Waals surface area contributed by atoms with Gasteiger partial charge in [0.05, 0.1) is 0 Å². The van der Waals surface area contributed by atoms with Crippen molar-refractivity contribution >= 4 is 11.9 Å². The Morgan fingerprint density at radius 3 is 2.33 bits per heavy atom. The number of carbonyl (C=O) groups is 2. The van der Waals surface area contributed by atoms with E-state index >= 15 is 0 Å². The van der Waals surface area contributed by atoms with Gasteiger partial charge in [0.25, 0.3) is 0 Å². The summed E-state index contributed by atoms with van der Waals surface area (Å²) in [5, 5.41) is 11.5. The Kier molecular flexibility index (Phi) is 9.28. The molecule has 0 aromatic heterocycles. The molecule has 0 radical (unpaired) electrons. The van der Waals surface area contributed by atoms with E-state index in [1.54, 1.807) is 0 Å². The number of carboxylic acids is 1. The molecule has 1 amide bonds. The van der Waals surface area contributed by atoms with Gasteiger partial charge in [0.2, 0.25) is 5.91 Å². The number of aliphatic carboxylic acids is 1. The Balaban J connectivity index is 3.85. The van der Waals surface area contributed by atoms with Gasteiger partial charge < -0.3 is 16.2 Å². The lowest BCUT2D eigenvalue weighted by Gasteiger charge is -2.16. The van der Waals surface area contributed by atoms with Crippen molar-refractivity contribution in [2.75, 3.05) is 13.1 Å². The van der Waals surface area contributed by atoms with Crippen molar-refractivity contribution in [1.29, 1.82) is 0 Å². The second kappa shape index (κ2) is 9.88. The summed E-state index contributed by atoms with van der Waals surface area (Å²) in [7, 11) is 0. The summed E-state index contributed by atoms with van der Waals surface area (Å²) < 4.78 is 0.